The van der Waals surface area contributed by atoms with E-state index in [1.54, 1.807) is 36.4 Å². The van der Waals surface area contributed by atoms with Gasteiger partial charge in [0, 0.05) is 10.7 Å². The zero-order valence-electron chi connectivity index (χ0n) is 18.1. The summed E-state index contributed by atoms with van der Waals surface area (Å²) in [4.78, 5) is 28.1. The largest absolute Gasteiger partial charge is 0.320 e. The van der Waals surface area contributed by atoms with Crippen LogP contribution < -0.4 is 10.2 Å². The molecule has 8 heteroatoms. The van der Waals surface area contributed by atoms with Gasteiger partial charge in [-0.3, -0.25) is 14.5 Å². The molecule has 1 N–H and O–H groups in total. The zero-order chi connectivity index (χ0) is 24.2. The minimum absolute atomic E-state index is 0.176. The van der Waals surface area contributed by atoms with E-state index in [-0.39, 0.29) is 27.2 Å². The number of hydrogen-bond acceptors (Lipinski definition) is 4. The SMILES string of the molecule is Cc1ccc(CC2SC(=C(C#N)C(=O)Nc3cc(Cl)ccc3Cl)N(c3ccccc3)C2=O)cc1. The van der Waals surface area contributed by atoms with E-state index in [1.165, 1.54) is 22.7 Å². The van der Waals surface area contributed by atoms with Crippen molar-refractivity contribution in [3.63, 3.8) is 0 Å². The maximum atomic E-state index is 13.5. The van der Waals surface area contributed by atoms with Crippen LogP contribution in [-0.4, -0.2) is 17.1 Å². The second-order valence-corrected chi connectivity index (χ2v) is 9.71. The number of hydrogen-bond donors (Lipinski definition) is 1. The minimum atomic E-state index is -0.668. The average molecular weight is 508 g/mol. The molecule has 1 saturated heterocycles. The lowest BCUT2D eigenvalue weighted by Crippen LogP contribution is -2.30. The molecular formula is C26H19Cl2N3O2S. The normalized spacial score (nSPS) is 16.8. The highest BCUT2D eigenvalue weighted by atomic mass is 35.5. The lowest BCUT2D eigenvalue weighted by Gasteiger charge is -2.18. The van der Waals surface area contributed by atoms with Gasteiger partial charge < -0.3 is 5.32 Å². The van der Waals surface area contributed by atoms with Gasteiger partial charge in [0.2, 0.25) is 5.91 Å². The van der Waals surface area contributed by atoms with Crippen LogP contribution in [0.3, 0.4) is 0 Å². The van der Waals surface area contributed by atoms with Gasteiger partial charge in [-0.15, -0.1) is 0 Å². The second-order valence-electron chi connectivity index (χ2n) is 7.68. The summed E-state index contributed by atoms with van der Waals surface area (Å²) >= 11 is 13.4. The third kappa shape index (κ3) is 5.13. The average Bonchev–Trinajstić information content (AvgIpc) is 3.14. The maximum absolute atomic E-state index is 13.5. The zero-order valence-corrected chi connectivity index (χ0v) is 20.4. The summed E-state index contributed by atoms with van der Waals surface area (Å²) in [6.45, 7) is 2.00. The van der Waals surface area contributed by atoms with Gasteiger partial charge in [0.05, 0.1) is 16.0 Å². The van der Waals surface area contributed by atoms with Gasteiger partial charge in [-0.2, -0.15) is 5.26 Å². The Morgan fingerprint density at radius 2 is 1.79 bits per heavy atom. The van der Waals surface area contributed by atoms with Crippen LogP contribution in [0.1, 0.15) is 11.1 Å². The fourth-order valence-corrected chi connectivity index (χ4v) is 5.16. The van der Waals surface area contributed by atoms with E-state index >= 15 is 0 Å². The van der Waals surface area contributed by atoms with Crippen LogP contribution in [0.4, 0.5) is 11.4 Å². The molecule has 1 atom stereocenters. The highest BCUT2D eigenvalue weighted by molar-refractivity contribution is 8.05. The number of nitrogens with one attached hydrogen (secondary N) is 1. The first kappa shape index (κ1) is 23.9. The number of rotatable bonds is 5. The standard InChI is InChI=1S/C26H19Cl2N3O2S/c1-16-7-9-17(10-8-16)13-23-25(33)31(19-5-3-2-4-6-19)26(34-23)20(15-29)24(32)30-22-14-18(27)11-12-21(22)28/h2-12,14,23H,13H2,1H3,(H,30,32). The summed E-state index contributed by atoms with van der Waals surface area (Å²) in [5, 5.41) is 13.1. The number of benzene rings is 3. The van der Waals surface area contributed by atoms with Crippen molar-refractivity contribution in [1.29, 1.82) is 5.26 Å². The fraction of sp³-hybridized carbons (Fsp3) is 0.115. The monoisotopic (exact) mass is 507 g/mol. The van der Waals surface area contributed by atoms with Crippen LogP contribution >= 0.6 is 35.0 Å². The Labute approximate surface area is 212 Å². The number of thioether (sulfide) groups is 1. The van der Waals surface area contributed by atoms with E-state index in [4.69, 9.17) is 23.2 Å². The third-order valence-corrected chi connectivity index (χ3v) is 7.07. The van der Waals surface area contributed by atoms with Gasteiger partial charge in [-0.05, 0) is 49.2 Å². The van der Waals surface area contributed by atoms with Crippen molar-refractivity contribution in [3.8, 4) is 6.07 Å². The number of aryl methyl sites for hydroxylation is 1. The highest BCUT2D eigenvalue weighted by Gasteiger charge is 2.40. The van der Waals surface area contributed by atoms with Crippen molar-refractivity contribution < 1.29 is 9.59 Å². The molecule has 0 bridgehead atoms. The fourth-order valence-electron chi connectivity index (χ4n) is 3.52. The quantitative estimate of drug-likeness (QED) is 0.321. The Bertz CT molecular complexity index is 1320. The predicted molar refractivity (Wildman–Crippen MR) is 138 cm³/mol. The molecule has 34 heavy (non-hydrogen) atoms. The Hall–Kier alpha value is -3.24. The predicted octanol–water partition coefficient (Wildman–Crippen LogP) is 6.37. The number of anilines is 2. The van der Waals surface area contributed by atoms with Gasteiger partial charge in [0.15, 0.2) is 0 Å². The first-order chi connectivity index (χ1) is 16.4. The molecule has 1 unspecified atom stereocenters. The molecule has 1 aliphatic rings. The van der Waals surface area contributed by atoms with Crippen LogP contribution in [-0.2, 0) is 16.0 Å². The molecule has 4 rings (SSSR count). The van der Waals surface area contributed by atoms with Crippen LogP contribution in [0.5, 0.6) is 0 Å². The number of nitrogens with zero attached hydrogens (tertiary/aromatic N) is 2. The van der Waals surface area contributed by atoms with Crippen molar-refractivity contribution >= 4 is 58.2 Å². The summed E-state index contributed by atoms with van der Waals surface area (Å²) in [5.74, 6) is -0.855. The van der Waals surface area contributed by atoms with Gasteiger partial charge in [-0.1, -0.05) is 83.0 Å². The maximum Gasteiger partial charge on any atom is 0.269 e. The molecule has 5 nitrogen and oxygen atoms in total. The number of carbonyl (C=O) groups excluding carboxylic acids is 2. The molecule has 3 aromatic rings. The lowest BCUT2D eigenvalue weighted by molar-refractivity contribution is -0.117. The van der Waals surface area contributed by atoms with E-state index in [1.807, 2.05) is 43.3 Å². The molecule has 0 spiro atoms. The second kappa shape index (κ2) is 10.4. The van der Waals surface area contributed by atoms with Gasteiger partial charge in [0.1, 0.15) is 16.7 Å². The number of amides is 2. The number of para-hydroxylation sites is 1. The van der Waals surface area contributed by atoms with Crippen LogP contribution in [0.25, 0.3) is 0 Å². The van der Waals surface area contributed by atoms with Crippen molar-refractivity contribution in [2.24, 2.45) is 0 Å². The summed E-state index contributed by atoms with van der Waals surface area (Å²) in [7, 11) is 0. The first-order valence-electron chi connectivity index (χ1n) is 10.4. The van der Waals surface area contributed by atoms with Crippen molar-refractivity contribution in [1.82, 2.24) is 0 Å². The lowest BCUT2D eigenvalue weighted by atomic mass is 10.1. The van der Waals surface area contributed by atoms with E-state index in [0.29, 0.717) is 17.1 Å². The summed E-state index contributed by atoms with van der Waals surface area (Å²) in [6, 6.07) is 23.6. The van der Waals surface area contributed by atoms with Crippen LogP contribution in [0, 0.1) is 18.3 Å². The number of halogens is 2. The highest BCUT2D eigenvalue weighted by Crippen LogP contribution is 2.42. The van der Waals surface area contributed by atoms with E-state index in [0.717, 1.165) is 11.1 Å². The molecule has 170 valence electrons. The summed E-state index contributed by atoms with van der Waals surface area (Å²) in [5.41, 5.74) is 2.82. The summed E-state index contributed by atoms with van der Waals surface area (Å²) in [6.07, 6.45) is 0.469. The molecule has 0 aromatic heterocycles. The number of nitriles is 1. The molecular weight excluding hydrogens is 489 g/mol. The Morgan fingerprint density at radius 3 is 2.47 bits per heavy atom. The van der Waals surface area contributed by atoms with E-state index < -0.39 is 11.2 Å². The molecule has 1 fully saturated rings. The minimum Gasteiger partial charge on any atom is -0.320 e. The molecule has 0 radical (unpaired) electrons. The van der Waals surface area contributed by atoms with Gasteiger partial charge in [-0.25, -0.2) is 0 Å². The van der Waals surface area contributed by atoms with E-state index in [2.05, 4.69) is 5.32 Å². The molecule has 1 aliphatic heterocycles. The summed E-state index contributed by atoms with van der Waals surface area (Å²) < 4.78 is 0. The number of carbonyl (C=O) groups is 2. The van der Waals surface area contributed by atoms with Crippen LogP contribution in [0.2, 0.25) is 10.0 Å². The molecule has 1 heterocycles. The van der Waals surface area contributed by atoms with Crippen molar-refractivity contribution in [3.05, 3.63) is 105 Å². The topological polar surface area (TPSA) is 73.2 Å². The molecule has 3 aromatic carbocycles. The van der Waals surface area contributed by atoms with Crippen LogP contribution in [0.15, 0.2) is 83.4 Å². The van der Waals surface area contributed by atoms with Gasteiger partial charge >= 0.3 is 0 Å². The molecule has 0 saturated carbocycles. The Balaban J connectivity index is 1.72. The van der Waals surface area contributed by atoms with E-state index in [9.17, 15) is 14.9 Å². The molecule has 2 amide bonds. The van der Waals surface area contributed by atoms with Crippen molar-refractivity contribution in [2.45, 2.75) is 18.6 Å². The molecule has 0 aliphatic carbocycles. The Kier molecular flexibility index (Phi) is 7.28. The third-order valence-electron chi connectivity index (χ3n) is 5.24. The smallest absolute Gasteiger partial charge is 0.269 e. The first-order valence-corrected chi connectivity index (χ1v) is 12.0. The Morgan fingerprint density at radius 1 is 1.09 bits per heavy atom. The van der Waals surface area contributed by atoms with Gasteiger partial charge in [0.25, 0.3) is 5.91 Å². The van der Waals surface area contributed by atoms with Crippen molar-refractivity contribution in [2.75, 3.05) is 10.2 Å².